The second-order valence-corrected chi connectivity index (χ2v) is 6.20. The van der Waals surface area contributed by atoms with Gasteiger partial charge < -0.3 is 5.73 Å². The lowest BCUT2D eigenvalue weighted by molar-refractivity contribution is 0.377. The summed E-state index contributed by atoms with van der Waals surface area (Å²) in [5.74, 6) is 0.844. The van der Waals surface area contributed by atoms with Gasteiger partial charge in [-0.3, -0.25) is 9.36 Å². The van der Waals surface area contributed by atoms with Crippen LogP contribution in [0.5, 0.6) is 0 Å². The minimum Gasteiger partial charge on any atom is -0.326 e. The Morgan fingerprint density at radius 1 is 1.29 bits per heavy atom. The van der Waals surface area contributed by atoms with Crippen molar-refractivity contribution in [1.29, 1.82) is 0 Å². The van der Waals surface area contributed by atoms with E-state index in [9.17, 15) is 4.79 Å². The van der Waals surface area contributed by atoms with Crippen molar-refractivity contribution in [2.75, 3.05) is 0 Å². The molecular formula is C16H15N3OS. The van der Waals surface area contributed by atoms with Crippen LogP contribution in [0.1, 0.15) is 23.9 Å². The molecule has 1 aromatic carbocycles. The van der Waals surface area contributed by atoms with Gasteiger partial charge in [-0.05, 0) is 40.9 Å². The summed E-state index contributed by atoms with van der Waals surface area (Å²) >= 11 is 1.63. The zero-order valence-corrected chi connectivity index (χ0v) is 12.2. The van der Waals surface area contributed by atoms with Crippen molar-refractivity contribution in [3.63, 3.8) is 0 Å². The maximum atomic E-state index is 12.9. The molecule has 0 fully saturated rings. The first-order chi connectivity index (χ1) is 10.3. The Morgan fingerprint density at radius 3 is 2.95 bits per heavy atom. The normalized spacial score (nSPS) is 21.4. The molecule has 4 rings (SSSR count). The molecule has 4 nitrogen and oxygen atoms in total. The highest BCUT2D eigenvalue weighted by molar-refractivity contribution is 7.08. The predicted octanol–water partition coefficient (Wildman–Crippen LogP) is 2.32. The molecule has 0 saturated heterocycles. The van der Waals surface area contributed by atoms with Crippen LogP contribution < -0.4 is 11.3 Å². The van der Waals surface area contributed by atoms with Crippen molar-refractivity contribution in [2.24, 2.45) is 5.73 Å². The lowest BCUT2D eigenvalue weighted by Gasteiger charge is -2.32. The monoisotopic (exact) mass is 297 g/mol. The largest absolute Gasteiger partial charge is 0.326 e. The molecule has 2 N–H and O–H groups in total. The fourth-order valence-electron chi connectivity index (χ4n) is 3.14. The predicted molar refractivity (Wildman–Crippen MR) is 84.8 cm³/mol. The van der Waals surface area contributed by atoms with E-state index in [0.29, 0.717) is 5.39 Å². The number of benzene rings is 1. The fourth-order valence-corrected chi connectivity index (χ4v) is 3.83. The Hall–Kier alpha value is -1.98. The number of aryl methyl sites for hydroxylation is 1. The number of para-hydroxylation sites is 1. The van der Waals surface area contributed by atoms with E-state index in [-0.39, 0.29) is 17.6 Å². The van der Waals surface area contributed by atoms with E-state index in [4.69, 9.17) is 5.73 Å². The van der Waals surface area contributed by atoms with Crippen molar-refractivity contribution in [2.45, 2.75) is 24.9 Å². The molecular weight excluding hydrogens is 282 g/mol. The Labute approximate surface area is 125 Å². The second-order valence-electron chi connectivity index (χ2n) is 5.42. The van der Waals surface area contributed by atoms with Gasteiger partial charge in [0, 0.05) is 12.5 Å². The van der Waals surface area contributed by atoms with Crippen LogP contribution in [0, 0.1) is 0 Å². The third-order valence-electron chi connectivity index (χ3n) is 4.15. The second kappa shape index (κ2) is 4.79. The van der Waals surface area contributed by atoms with Crippen LogP contribution in [-0.4, -0.2) is 15.6 Å². The number of fused-ring (bicyclic) bond motifs is 2. The Morgan fingerprint density at radius 2 is 2.14 bits per heavy atom. The summed E-state index contributed by atoms with van der Waals surface area (Å²) in [6, 6.07) is 9.41. The first-order valence-electron chi connectivity index (χ1n) is 7.03. The molecule has 0 saturated carbocycles. The quantitative estimate of drug-likeness (QED) is 0.750. The maximum Gasteiger partial charge on any atom is 0.262 e. The molecule has 3 heterocycles. The van der Waals surface area contributed by atoms with E-state index >= 15 is 0 Å². The smallest absolute Gasteiger partial charge is 0.262 e. The van der Waals surface area contributed by atoms with Crippen LogP contribution in [0.25, 0.3) is 10.9 Å². The van der Waals surface area contributed by atoms with E-state index in [2.05, 4.69) is 10.4 Å². The summed E-state index contributed by atoms with van der Waals surface area (Å²) in [6.07, 6.45) is 1.60. The number of nitrogens with two attached hydrogens (primary N) is 1. The third kappa shape index (κ3) is 1.92. The molecule has 3 aromatic rings. The van der Waals surface area contributed by atoms with Crippen LogP contribution in [0.15, 0.2) is 45.9 Å². The van der Waals surface area contributed by atoms with E-state index in [1.807, 2.05) is 35.7 Å². The summed E-state index contributed by atoms with van der Waals surface area (Å²) in [4.78, 5) is 17.6. The zero-order valence-electron chi connectivity index (χ0n) is 11.4. The fraction of sp³-hybridized carbons (Fsp3) is 0.250. The summed E-state index contributed by atoms with van der Waals surface area (Å²) in [6.45, 7) is 0. The molecule has 5 heteroatoms. The summed E-state index contributed by atoms with van der Waals surface area (Å²) in [5, 5.41) is 4.76. The number of nitrogens with zero attached hydrogens (tertiary/aromatic N) is 2. The van der Waals surface area contributed by atoms with Gasteiger partial charge in [-0.2, -0.15) is 11.3 Å². The van der Waals surface area contributed by atoms with Crippen molar-refractivity contribution < 1.29 is 0 Å². The molecule has 21 heavy (non-hydrogen) atoms. The molecule has 1 aliphatic heterocycles. The summed E-state index contributed by atoms with van der Waals surface area (Å²) in [5.41, 5.74) is 8.21. The van der Waals surface area contributed by atoms with Crippen LogP contribution in [0.3, 0.4) is 0 Å². The standard InChI is InChI=1S/C16H15N3OS/c17-12-5-6-14-18-13-4-2-1-3-11(13)16(20)19(14)15(12)10-7-8-21-9-10/h1-4,7-9,12,15H,5-6,17H2. The SMILES string of the molecule is NC1CCc2nc3ccccc3c(=O)n2C1c1ccsc1. The number of thiophene rings is 1. The first-order valence-corrected chi connectivity index (χ1v) is 7.98. The first kappa shape index (κ1) is 12.7. The van der Waals surface area contributed by atoms with E-state index in [1.165, 1.54) is 0 Å². The Kier molecular flexibility index (Phi) is 2.90. The minimum atomic E-state index is -0.107. The van der Waals surface area contributed by atoms with Crippen molar-refractivity contribution in [3.8, 4) is 0 Å². The van der Waals surface area contributed by atoms with E-state index < -0.39 is 0 Å². The van der Waals surface area contributed by atoms with Gasteiger partial charge in [-0.25, -0.2) is 4.98 Å². The molecule has 106 valence electrons. The Balaban J connectivity index is 2.03. The molecule has 0 bridgehead atoms. The van der Waals surface area contributed by atoms with Gasteiger partial charge in [0.25, 0.3) is 5.56 Å². The summed E-state index contributed by atoms with van der Waals surface area (Å²) in [7, 11) is 0. The van der Waals surface area contributed by atoms with Gasteiger partial charge in [-0.1, -0.05) is 12.1 Å². The Bertz CT molecular complexity index is 854. The highest BCUT2D eigenvalue weighted by Gasteiger charge is 2.30. The third-order valence-corrected chi connectivity index (χ3v) is 4.85. The van der Waals surface area contributed by atoms with Gasteiger partial charge in [0.2, 0.25) is 0 Å². The average Bonchev–Trinajstić information content (AvgIpc) is 3.02. The van der Waals surface area contributed by atoms with Crippen LogP contribution in [-0.2, 0) is 6.42 Å². The highest BCUT2D eigenvalue weighted by Crippen LogP contribution is 2.29. The van der Waals surface area contributed by atoms with Gasteiger partial charge in [0.05, 0.1) is 16.9 Å². The van der Waals surface area contributed by atoms with Crippen molar-refractivity contribution >= 4 is 22.2 Å². The van der Waals surface area contributed by atoms with Crippen LogP contribution >= 0.6 is 11.3 Å². The molecule has 0 spiro atoms. The number of rotatable bonds is 1. The highest BCUT2D eigenvalue weighted by atomic mass is 32.1. The molecule has 2 aromatic heterocycles. The maximum absolute atomic E-state index is 12.9. The average molecular weight is 297 g/mol. The van der Waals surface area contributed by atoms with E-state index in [0.717, 1.165) is 29.7 Å². The molecule has 0 amide bonds. The van der Waals surface area contributed by atoms with Gasteiger partial charge in [0.15, 0.2) is 0 Å². The van der Waals surface area contributed by atoms with Crippen molar-refractivity contribution in [3.05, 3.63) is 62.8 Å². The molecule has 0 aliphatic carbocycles. The minimum absolute atomic E-state index is 0.0157. The molecule has 0 radical (unpaired) electrons. The molecule has 2 atom stereocenters. The van der Waals surface area contributed by atoms with Crippen LogP contribution in [0.2, 0.25) is 0 Å². The zero-order chi connectivity index (χ0) is 14.4. The lowest BCUT2D eigenvalue weighted by Crippen LogP contribution is -2.44. The lowest BCUT2D eigenvalue weighted by atomic mass is 9.94. The molecule has 1 aliphatic rings. The number of hydrogen-bond acceptors (Lipinski definition) is 4. The van der Waals surface area contributed by atoms with Gasteiger partial charge in [0.1, 0.15) is 5.82 Å². The van der Waals surface area contributed by atoms with E-state index in [1.54, 1.807) is 15.9 Å². The van der Waals surface area contributed by atoms with Crippen molar-refractivity contribution in [1.82, 2.24) is 9.55 Å². The van der Waals surface area contributed by atoms with Crippen LogP contribution in [0.4, 0.5) is 0 Å². The van der Waals surface area contributed by atoms with Gasteiger partial charge in [-0.15, -0.1) is 0 Å². The topological polar surface area (TPSA) is 60.9 Å². The number of hydrogen-bond donors (Lipinski definition) is 1. The van der Waals surface area contributed by atoms with Gasteiger partial charge >= 0.3 is 0 Å². The number of aromatic nitrogens is 2. The molecule has 2 unspecified atom stereocenters. The summed E-state index contributed by atoms with van der Waals surface area (Å²) < 4.78 is 1.80.